The van der Waals surface area contributed by atoms with Gasteiger partial charge in [-0.15, -0.1) is 0 Å². The normalized spacial score (nSPS) is 11.0. The summed E-state index contributed by atoms with van der Waals surface area (Å²) in [6.07, 6.45) is 0. The second kappa shape index (κ2) is 6.19. The lowest BCUT2D eigenvalue weighted by molar-refractivity contribution is -0.163. The maximum Gasteiger partial charge on any atom is 0.397 e. The minimum absolute atomic E-state index is 0.295. The van der Waals surface area contributed by atoms with Crippen molar-refractivity contribution in [3.8, 4) is 0 Å². The van der Waals surface area contributed by atoms with Gasteiger partial charge in [-0.05, 0) is 51.0 Å². The van der Waals surface area contributed by atoms with Crippen molar-refractivity contribution in [1.82, 2.24) is 5.32 Å². The molecular formula is C14H18BrNO3. The van der Waals surface area contributed by atoms with Gasteiger partial charge in [0, 0.05) is 11.0 Å². The summed E-state index contributed by atoms with van der Waals surface area (Å²) < 4.78 is 5.91. The smallest absolute Gasteiger partial charge is 0.397 e. The molecule has 0 radical (unpaired) electrons. The van der Waals surface area contributed by atoms with E-state index in [9.17, 15) is 9.59 Å². The summed E-state index contributed by atoms with van der Waals surface area (Å²) in [5.74, 6) is -1.59. The van der Waals surface area contributed by atoms with E-state index in [1.54, 1.807) is 20.8 Å². The number of aryl methyl sites for hydroxylation is 1. The zero-order valence-electron chi connectivity index (χ0n) is 11.5. The predicted octanol–water partition coefficient (Wildman–Crippen LogP) is 2.72. The minimum Gasteiger partial charge on any atom is -0.453 e. The van der Waals surface area contributed by atoms with Crippen LogP contribution in [0.5, 0.6) is 0 Å². The van der Waals surface area contributed by atoms with Crippen molar-refractivity contribution in [1.29, 1.82) is 0 Å². The molecular weight excluding hydrogens is 310 g/mol. The zero-order valence-corrected chi connectivity index (χ0v) is 13.1. The van der Waals surface area contributed by atoms with Crippen LogP contribution in [-0.2, 0) is 20.9 Å². The topological polar surface area (TPSA) is 55.4 Å². The van der Waals surface area contributed by atoms with Crippen LogP contribution in [0.15, 0.2) is 22.7 Å². The Balaban J connectivity index is 2.59. The summed E-state index contributed by atoms with van der Waals surface area (Å²) in [7, 11) is 0. The molecule has 1 aromatic rings. The van der Waals surface area contributed by atoms with E-state index >= 15 is 0 Å². The number of hydrogen-bond acceptors (Lipinski definition) is 3. The molecule has 1 aromatic carbocycles. The van der Waals surface area contributed by atoms with Crippen LogP contribution in [0, 0.1) is 6.92 Å². The Morgan fingerprint density at radius 2 is 1.95 bits per heavy atom. The summed E-state index contributed by atoms with van der Waals surface area (Å²) >= 11 is 3.37. The van der Waals surface area contributed by atoms with Gasteiger partial charge < -0.3 is 10.1 Å². The molecule has 1 amide bonds. The standard InChI is InChI=1S/C14H18BrNO3/c1-9-5-6-11(15)7-10(9)8-16-12(17)13(18)19-14(2,3)4/h5-7H,8H2,1-4H3,(H,16,17). The van der Waals surface area contributed by atoms with E-state index in [0.717, 1.165) is 15.6 Å². The van der Waals surface area contributed by atoms with Crippen molar-refractivity contribution in [3.63, 3.8) is 0 Å². The highest BCUT2D eigenvalue weighted by atomic mass is 79.9. The number of hydrogen-bond donors (Lipinski definition) is 1. The molecule has 4 nitrogen and oxygen atoms in total. The maximum absolute atomic E-state index is 11.6. The van der Waals surface area contributed by atoms with Gasteiger partial charge in [-0.1, -0.05) is 22.0 Å². The summed E-state index contributed by atoms with van der Waals surface area (Å²) in [4.78, 5) is 23.1. The van der Waals surface area contributed by atoms with Crippen molar-refractivity contribution in [3.05, 3.63) is 33.8 Å². The highest BCUT2D eigenvalue weighted by Crippen LogP contribution is 2.15. The molecule has 0 heterocycles. The maximum atomic E-state index is 11.6. The Hall–Kier alpha value is -1.36. The average molecular weight is 328 g/mol. The molecule has 1 rings (SSSR count). The largest absolute Gasteiger partial charge is 0.453 e. The van der Waals surface area contributed by atoms with Crippen LogP contribution in [0.1, 0.15) is 31.9 Å². The fourth-order valence-corrected chi connectivity index (χ4v) is 1.81. The first-order valence-corrected chi connectivity index (χ1v) is 6.74. The van der Waals surface area contributed by atoms with E-state index in [0.29, 0.717) is 6.54 Å². The van der Waals surface area contributed by atoms with E-state index < -0.39 is 17.5 Å². The monoisotopic (exact) mass is 327 g/mol. The Morgan fingerprint density at radius 3 is 2.53 bits per heavy atom. The van der Waals surface area contributed by atoms with Gasteiger partial charge in [-0.3, -0.25) is 4.79 Å². The van der Waals surface area contributed by atoms with Gasteiger partial charge in [0.15, 0.2) is 0 Å². The summed E-state index contributed by atoms with van der Waals surface area (Å²) in [6, 6.07) is 5.78. The first kappa shape index (κ1) is 15.7. The number of carbonyl (C=O) groups excluding carboxylic acids is 2. The second-order valence-electron chi connectivity index (χ2n) is 5.26. The van der Waals surface area contributed by atoms with E-state index in [4.69, 9.17) is 4.74 Å². The number of ether oxygens (including phenoxy) is 1. The highest BCUT2D eigenvalue weighted by Gasteiger charge is 2.22. The van der Waals surface area contributed by atoms with E-state index in [1.165, 1.54) is 0 Å². The van der Waals surface area contributed by atoms with Crippen molar-refractivity contribution < 1.29 is 14.3 Å². The first-order chi connectivity index (χ1) is 8.69. The fourth-order valence-electron chi connectivity index (χ4n) is 1.40. The van der Waals surface area contributed by atoms with Crippen LogP contribution < -0.4 is 5.32 Å². The number of nitrogens with one attached hydrogen (secondary N) is 1. The molecule has 0 aromatic heterocycles. The Kier molecular flexibility index (Phi) is 5.11. The molecule has 0 atom stereocenters. The number of rotatable bonds is 2. The number of esters is 1. The van der Waals surface area contributed by atoms with Gasteiger partial charge in [0.2, 0.25) is 0 Å². The van der Waals surface area contributed by atoms with Gasteiger partial charge in [0.05, 0.1) is 0 Å². The molecule has 0 saturated heterocycles. The molecule has 19 heavy (non-hydrogen) atoms. The van der Waals surface area contributed by atoms with Crippen LogP contribution >= 0.6 is 15.9 Å². The SMILES string of the molecule is Cc1ccc(Br)cc1CNC(=O)C(=O)OC(C)(C)C. The number of halogens is 1. The molecule has 104 valence electrons. The van der Waals surface area contributed by atoms with Crippen LogP contribution in [0.4, 0.5) is 0 Å². The van der Waals surface area contributed by atoms with E-state index in [2.05, 4.69) is 21.2 Å². The molecule has 0 bridgehead atoms. The molecule has 0 aliphatic rings. The van der Waals surface area contributed by atoms with Crippen molar-refractivity contribution in [2.45, 2.75) is 39.8 Å². The van der Waals surface area contributed by atoms with E-state index in [1.807, 2.05) is 25.1 Å². The molecule has 0 saturated carbocycles. The Morgan fingerprint density at radius 1 is 1.32 bits per heavy atom. The Bertz CT molecular complexity index is 492. The van der Waals surface area contributed by atoms with Crippen molar-refractivity contribution >= 4 is 27.8 Å². The van der Waals surface area contributed by atoms with Gasteiger partial charge in [0.25, 0.3) is 0 Å². The van der Waals surface area contributed by atoms with Crippen LogP contribution in [-0.4, -0.2) is 17.5 Å². The summed E-state index contributed by atoms with van der Waals surface area (Å²) in [5.41, 5.74) is 1.33. The van der Waals surface area contributed by atoms with Crippen molar-refractivity contribution in [2.24, 2.45) is 0 Å². The molecule has 1 N–H and O–H groups in total. The first-order valence-electron chi connectivity index (χ1n) is 5.95. The molecule has 0 unspecified atom stereocenters. The second-order valence-corrected chi connectivity index (χ2v) is 6.17. The third-order valence-corrected chi connectivity index (χ3v) is 2.83. The summed E-state index contributed by atoms with van der Waals surface area (Å²) in [5, 5.41) is 2.56. The lowest BCUT2D eigenvalue weighted by Crippen LogP contribution is -2.36. The van der Waals surface area contributed by atoms with Gasteiger partial charge in [0.1, 0.15) is 5.60 Å². The van der Waals surface area contributed by atoms with Crippen LogP contribution in [0.25, 0.3) is 0 Å². The quantitative estimate of drug-likeness (QED) is 0.671. The molecule has 0 fully saturated rings. The third kappa shape index (κ3) is 5.42. The minimum atomic E-state index is -0.861. The zero-order chi connectivity index (χ0) is 14.6. The molecule has 0 aliphatic carbocycles. The number of amides is 1. The lowest BCUT2D eigenvalue weighted by Gasteiger charge is -2.19. The van der Waals surface area contributed by atoms with Crippen molar-refractivity contribution in [2.75, 3.05) is 0 Å². The predicted molar refractivity (Wildman–Crippen MR) is 76.6 cm³/mol. The molecule has 0 aliphatic heterocycles. The summed E-state index contributed by atoms with van der Waals surface area (Å²) in [6.45, 7) is 7.40. The van der Waals surface area contributed by atoms with Crippen LogP contribution in [0.2, 0.25) is 0 Å². The molecule has 0 spiro atoms. The van der Waals surface area contributed by atoms with Gasteiger partial charge >= 0.3 is 11.9 Å². The molecule has 5 heteroatoms. The lowest BCUT2D eigenvalue weighted by atomic mass is 10.1. The van der Waals surface area contributed by atoms with E-state index in [-0.39, 0.29) is 0 Å². The average Bonchev–Trinajstić information content (AvgIpc) is 2.27. The Labute approximate surface area is 121 Å². The van der Waals surface area contributed by atoms with Crippen LogP contribution in [0.3, 0.4) is 0 Å². The third-order valence-electron chi connectivity index (χ3n) is 2.33. The highest BCUT2D eigenvalue weighted by molar-refractivity contribution is 9.10. The number of carbonyl (C=O) groups is 2. The van der Waals surface area contributed by atoms with Gasteiger partial charge in [-0.25, -0.2) is 4.79 Å². The number of benzene rings is 1. The van der Waals surface area contributed by atoms with Gasteiger partial charge in [-0.2, -0.15) is 0 Å². The fraction of sp³-hybridized carbons (Fsp3) is 0.429.